The van der Waals surface area contributed by atoms with Crippen LogP contribution in [0.5, 0.6) is 0 Å². The van der Waals surface area contributed by atoms with Crippen LogP contribution in [-0.2, 0) is 0 Å². The fourth-order valence-electron chi connectivity index (χ4n) is 2.35. The maximum Gasteiger partial charge on any atom is 0.336 e. The first kappa shape index (κ1) is 13.7. The first-order valence-corrected chi connectivity index (χ1v) is 6.37. The molecule has 6 heteroatoms. The molecule has 0 atom stereocenters. The average Bonchev–Trinajstić information content (AvgIpc) is 2.79. The predicted molar refractivity (Wildman–Crippen MR) is 74.7 cm³/mol. The van der Waals surface area contributed by atoms with Gasteiger partial charge in [0.05, 0.1) is 22.3 Å². The molecule has 1 heterocycles. The van der Waals surface area contributed by atoms with Crippen molar-refractivity contribution < 1.29 is 24.3 Å². The fraction of sp³-hybridized carbons (Fsp3) is 0. The normalized spacial score (nSPS) is 13.2. The third kappa shape index (κ3) is 1.89. The van der Waals surface area contributed by atoms with Gasteiger partial charge in [0.2, 0.25) is 0 Å². The number of benzene rings is 2. The van der Waals surface area contributed by atoms with Crippen LogP contribution < -0.4 is 0 Å². The number of hydrogen-bond donors (Lipinski definition) is 1. The van der Waals surface area contributed by atoms with E-state index in [4.69, 9.17) is 5.11 Å². The second-order valence-electron chi connectivity index (χ2n) is 4.65. The summed E-state index contributed by atoms with van der Waals surface area (Å²) in [5.74, 6) is -3.73. The van der Waals surface area contributed by atoms with E-state index in [-0.39, 0.29) is 22.3 Å². The Morgan fingerprint density at radius 1 is 0.773 bits per heavy atom. The largest absolute Gasteiger partial charge is 0.478 e. The molecular weight excluding hydrogens is 286 g/mol. The first-order valence-electron chi connectivity index (χ1n) is 6.37. The van der Waals surface area contributed by atoms with Crippen molar-refractivity contribution in [1.29, 1.82) is 0 Å². The van der Waals surface area contributed by atoms with E-state index in [9.17, 15) is 19.2 Å². The second kappa shape index (κ2) is 4.92. The van der Waals surface area contributed by atoms with Gasteiger partial charge < -0.3 is 5.11 Å². The molecule has 0 aliphatic carbocycles. The number of rotatable bonds is 2. The molecule has 1 N–H and O–H groups in total. The second-order valence-corrected chi connectivity index (χ2v) is 4.65. The molecule has 22 heavy (non-hydrogen) atoms. The van der Waals surface area contributed by atoms with E-state index in [1.165, 1.54) is 36.4 Å². The van der Waals surface area contributed by atoms with Crippen molar-refractivity contribution in [2.45, 2.75) is 0 Å². The Labute approximate surface area is 124 Å². The van der Waals surface area contributed by atoms with Gasteiger partial charge in [-0.25, -0.2) is 9.69 Å². The number of nitrogens with zero attached hydrogens (tertiary/aromatic N) is 1. The van der Waals surface area contributed by atoms with E-state index in [1.54, 1.807) is 12.1 Å². The molecular formula is C16H9NO5. The number of carboxylic acids is 1. The molecule has 1 aliphatic rings. The van der Waals surface area contributed by atoms with Crippen LogP contribution in [0.1, 0.15) is 41.4 Å². The molecule has 3 rings (SSSR count). The van der Waals surface area contributed by atoms with Crippen molar-refractivity contribution >= 4 is 23.7 Å². The molecule has 0 unspecified atom stereocenters. The summed E-state index contributed by atoms with van der Waals surface area (Å²) in [6.45, 7) is 0. The summed E-state index contributed by atoms with van der Waals surface area (Å²) >= 11 is 0. The number of fused-ring (bicyclic) bond motifs is 1. The molecule has 0 bridgehead atoms. The molecule has 6 nitrogen and oxygen atoms in total. The minimum absolute atomic E-state index is 0.133. The summed E-state index contributed by atoms with van der Waals surface area (Å²) in [7, 11) is 0. The Balaban J connectivity index is 2.07. The van der Waals surface area contributed by atoms with Crippen LogP contribution in [0.15, 0.2) is 48.5 Å². The topological polar surface area (TPSA) is 91.8 Å². The zero-order valence-electron chi connectivity index (χ0n) is 11.1. The monoisotopic (exact) mass is 295 g/mol. The van der Waals surface area contributed by atoms with Crippen molar-refractivity contribution in [3.63, 3.8) is 0 Å². The van der Waals surface area contributed by atoms with E-state index in [1.807, 2.05) is 0 Å². The van der Waals surface area contributed by atoms with E-state index in [0.717, 1.165) is 0 Å². The predicted octanol–water partition coefficient (Wildman–Crippen LogP) is 1.82. The van der Waals surface area contributed by atoms with Gasteiger partial charge in [0, 0.05) is 0 Å². The Kier molecular flexibility index (Phi) is 3.06. The average molecular weight is 295 g/mol. The summed E-state index contributed by atoms with van der Waals surface area (Å²) in [5.41, 5.74) is -0.198. The van der Waals surface area contributed by atoms with Crippen LogP contribution in [0, 0.1) is 0 Å². The summed E-state index contributed by atoms with van der Waals surface area (Å²) in [4.78, 5) is 48.6. The van der Waals surface area contributed by atoms with Gasteiger partial charge in [-0.2, -0.15) is 0 Å². The van der Waals surface area contributed by atoms with Crippen LogP contribution in [0.4, 0.5) is 0 Å². The van der Waals surface area contributed by atoms with Crippen LogP contribution in [0.3, 0.4) is 0 Å². The molecule has 2 aromatic carbocycles. The Morgan fingerprint density at radius 2 is 1.23 bits per heavy atom. The third-order valence-corrected chi connectivity index (χ3v) is 3.39. The first-order chi connectivity index (χ1) is 10.5. The SMILES string of the molecule is O=C(O)c1ccccc1C(=O)N1C(=O)c2ccccc2C1=O. The lowest BCUT2D eigenvalue weighted by molar-refractivity contribution is 0.0555. The lowest BCUT2D eigenvalue weighted by Crippen LogP contribution is -2.36. The lowest BCUT2D eigenvalue weighted by atomic mass is 10.1. The number of hydrogen-bond acceptors (Lipinski definition) is 4. The van der Waals surface area contributed by atoms with Gasteiger partial charge in [-0.05, 0) is 24.3 Å². The molecule has 0 saturated carbocycles. The molecule has 0 fully saturated rings. The number of carboxylic acid groups (broad SMARTS) is 1. The Bertz CT molecular complexity index is 805. The zero-order chi connectivity index (χ0) is 15.9. The number of imide groups is 3. The van der Waals surface area contributed by atoms with Crippen LogP contribution >= 0.6 is 0 Å². The van der Waals surface area contributed by atoms with Gasteiger partial charge in [0.1, 0.15) is 0 Å². The molecule has 2 aromatic rings. The molecule has 0 radical (unpaired) electrons. The van der Waals surface area contributed by atoms with Crippen molar-refractivity contribution in [1.82, 2.24) is 4.90 Å². The van der Waals surface area contributed by atoms with Crippen LogP contribution in [0.25, 0.3) is 0 Å². The number of aromatic carboxylic acids is 1. The zero-order valence-corrected chi connectivity index (χ0v) is 11.1. The highest BCUT2D eigenvalue weighted by Crippen LogP contribution is 2.25. The maximum absolute atomic E-state index is 12.5. The molecule has 108 valence electrons. The molecule has 0 aromatic heterocycles. The van der Waals surface area contributed by atoms with Crippen molar-refractivity contribution in [2.24, 2.45) is 0 Å². The highest BCUT2D eigenvalue weighted by atomic mass is 16.4. The number of amides is 3. The molecule has 0 spiro atoms. The minimum atomic E-state index is -1.31. The van der Waals surface area contributed by atoms with Gasteiger partial charge >= 0.3 is 5.97 Å². The Hall–Kier alpha value is -3.28. The quantitative estimate of drug-likeness (QED) is 0.853. The fourth-order valence-corrected chi connectivity index (χ4v) is 2.35. The van der Waals surface area contributed by atoms with Gasteiger partial charge in [-0.1, -0.05) is 24.3 Å². The number of carbonyl (C=O) groups excluding carboxylic acids is 3. The molecule has 1 aliphatic heterocycles. The third-order valence-electron chi connectivity index (χ3n) is 3.39. The van der Waals surface area contributed by atoms with Gasteiger partial charge in [-0.3, -0.25) is 14.4 Å². The molecule has 3 amide bonds. The summed E-state index contributed by atoms with van der Waals surface area (Å²) in [6, 6.07) is 11.5. The standard InChI is InChI=1S/C16H9NO5/c18-13-9-5-1-2-6-10(9)14(19)17(13)15(20)11-7-3-4-8-12(11)16(21)22/h1-8H,(H,21,22). The van der Waals surface area contributed by atoms with Gasteiger partial charge in [0.25, 0.3) is 17.7 Å². The van der Waals surface area contributed by atoms with E-state index in [2.05, 4.69) is 0 Å². The molecule has 0 saturated heterocycles. The van der Waals surface area contributed by atoms with Crippen molar-refractivity contribution in [2.75, 3.05) is 0 Å². The minimum Gasteiger partial charge on any atom is -0.478 e. The smallest absolute Gasteiger partial charge is 0.336 e. The van der Waals surface area contributed by atoms with Crippen LogP contribution in [-0.4, -0.2) is 33.7 Å². The van der Waals surface area contributed by atoms with Crippen molar-refractivity contribution in [3.05, 3.63) is 70.8 Å². The van der Waals surface area contributed by atoms with E-state index < -0.39 is 23.7 Å². The number of carbonyl (C=O) groups is 4. The summed E-state index contributed by atoms with van der Waals surface area (Å²) < 4.78 is 0. The highest BCUT2D eigenvalue weighted by molar-refractivity contribution is 6.31. The lowest BCUT2D eigenvalue weighted by Gasteiger charge is -2.13. The highest BCUT2D eigenvalue weighted by Gasteiger charge is 2.40. The van der Waals surface area contributed by atoms with Gasteiger partial charge in [0.15, 0.2) is 0 Å². The summed E-state index contributed by atoms with van der Waals surface area (Å²) in [5, 5.41) is 9.12. The van der Waals surface area contributed by atoms with Crippen LogP contribution in [0.2, 0.25) is 0 Å². The summed E-state index contributed by atoms with van der Waals surface area (Å²) in [6.07, 6.45) is 0. The van der Waals surface area contributed by atoms with Crippen molar-refractivity contribution in [3.8, 4) is 0 Å². The maximum atomic E-state index is 12.5. The van der Waals surface area contributed by atoms with Gasteiger partial charge in [-0.15, -0.1) is 0 Å². The van der Waals surface area contributed by atoms with E-state index in [0.29, 0.717) is 4.90 Å². The Morgan fingerprint density at radius 3 is 1.73 bits per heavy atom. The van der Waals surface area contributed by atoms with E-state index >= 15 is 0 Å².